The molecule has 15 heteroatoms. The Labute approximate surface area is 777 Å². The summed E-state index contributed by atoms with van der Waals surface area (Å²) in [5, 5.41) is 19.9. The first-order valence-electron chi connectivity index (χ1n) is 48.2. The van der Waals surface area contributed by atoms with Gasteiger partial charge in [0.2, 0.25) is 0 Å². The maximum Gasteiger partial charge on any atom is 0.348 e. The first-order valence-corrected chi connectivity index (χ1v) is 49.1. The number of carbonyl (C=O) groups excluding carboxylic acids is 1. The second kappa shape index (κ2) is 58.9. The van der Waals surface area contributed by atoms with Crippen molar-refractivity contribution in [2.45, 2.75) is 347 Å². The van der Waals surface area contributed by atoms with Crippen LogP contribution in [-0.2, 0) is 35.0 Å². The Kier molecular flexibility index (Phi) is 49.7. The third-order valence-corrected chi connectivity index (χ3v) is 26.4. The Bertz CT molecular complexity index is 4180. The lowest BCUT2D eigenvalue weighted by Crippen LogP contribution is -2.40. The van der Waals surface area contributed by atoms with Crippen molar-refractivity contribution >= 4 is 17.3 Å². The van der Waals surface area contributed by atoms with Gasteiger partial charge in [0.1, 0.15) is 51.7 Å². The summed E-state index contributed by atoms with van der Waals surface area (Å²) in [6.07, 6.45) is 16.7. The Morgan fingerprint density at radius 1 is 0.336 bits per heavy atom. The van der Waals surface area contributed by atoms with Gasteiger partial charge in [0, 0.05) is 0 Å². The van der Waals surface area contributed by atoms with Gasteiger partial charge in [0.05, 0.1) is 32.0 Å². The molecule has 8 aromatic carbocycles. The number of hydrogen-bond donors (Lipinski definition) is 2. The molecule has 1 heterocycles. The van der Waals surface area contributed by atoms with E-state index in [0.29, 0.717) is 94.6 Å². The second-order valence-electron chi connectivity index (χ2n) is 36.2. The molecule has 0 bridgehead atoms. The number of phenolic OH excluding ortho intramolecular Hbond substituents is 2. The van der Waals surface area contributed by atoms with Crippen molar-refractivity contribution in [1.82, 2.24) is 0 Å². The second-order valence-corrected chi connectivity index (χ2v) is 37.1. The normalized spacial score (nSPS) is 17.7. The van der Waals surface area contributed by atoms with E-state index < -0.39 is 6.29 Å². The number of aromatic hydroxyl groups is 2. The van der Waals surface area contributed by atoms with Crippen molar-refractivity contribution in [3.05, 3.63) is 267 Å². The largest absolute Gasteiger partial charge is 0.508 e. The Morgan fingerprint density at radius 2 is 0.617 bits per heavy atom. The summed E-state index contributed by atoms with van der Waals surface area (Å²) in [6.45, 7) is 51.8. The molecule has 2 aliphatic rings. The lowest BCUT2D eigenvalue weighted by atomic mass is 9.60. The van der Waals surface area contributed by atoms with Crippen LogP contribution in [0.4, 0.5) is 0 Å². The summed E-state index contributed by atoms with van der Waals surface area (Å²) < 4.78 is 64.1. The van der Waals surface area contributed by atoms with Gasteiger partial charge in [-0.05, 0) is 336 Å². The zero-order valence-electron chi connectivity index (χ0n) is 82.2. The first-order chi connectivity index (χ1) is 61.4. The van der Waals surface area contributed by atoms with Crippen molar-refractivity contribution in [2.24, 2.45) is 23.2 Å². The van der Waals surface area contributed by atoms with Crippen LogP contribution in [0.15, 0.2) is 218 Å². The summed E-state index contributed by atoms with van der Waals surface area (Å²) in [7, 11) is 0. The standard InChI is InChI=1S/C39H60O4.C19H24O4S.C19H24O2.C16H26O2.2C10H14O/c1-9-27(3)31-11-19-35(20-12-31)40-29(5)42-37-23-15-33(16-24-37)39(7,8)34-17-25-38(26-18-34)43-30(6)41-36-21-13-32(14-22-36)28(4)10-2;1-4-14(2)16-7-9-17(10-8-16)23-15(3)21-11-12-22-19(20)18-6-5-13-24-18;1-4-15(2)18-10-12-19(13-11-18)21-16(3)20-14-17-8-6-5-7-9-17;1-6-13(4)15-7-9-16(10-8-15)18-14(5)17-11-12(2)3;2*1-3-8(2)9-4-6-10(11)7-5-9/h11-14,19-22,27-30,33-34,37-38H,9-10,15-18,23-26H2,1-8H3;5-10,13-15H,4,11-12H2,1-3H3;5-13,15-16H,4,14H2,1-3H3;7-10,12-14H,6,11H2,1-5H3;2*4-8,11H,3H2,1-2H3. The summed E-state index contributed by atoms with van der Waals surface area (Å²) in [5.41, 5.74) is 10.8. The predicted octanol–water partition coefficient (Wildman–Crippen LogP) is 31.5. The van der Waals surface area contributed by atoms with E-state index in [1.54, 1.807) is 30.3 Å². The Hall–Kier alpha value is -8.67. The topological polar surface area (TPSA) is 159 Å². The third-order valence-electron chi connectivity index (χ3n) is 25.6. The van der Waals surface area contributed by atoms with Gasteiger partial charge in [-0.25, -0.2) is 4.79 Å². The number of rotatable bonds is 41. The van der Waals surface area contributed by atoms with E-state index in [4.69, 9.17) is 62.3 Å². The number of thiophene rings is 1. The van der Waals surface area contributed by atoms with Gasteiger partial charge in [0.25, 0.3) is 0 Å². The summed E-state index contributed by atoms with van der Waals surface area (Å²) in [5.74, 6) is 10.8. The fraction of sp³-hybridized carbons (Fsp3) is 0.531. The van der Waals surface area contributed by atoms with Crippen LogP contribution in [0.2, 0.25) is 0 Å². The SMILES string of the molecule is CCC(C)c1ccc(O)cc1.CCC(C)c1ccc(O)cc1.CCC(C)c1ccc(OC(C)OC2CCC(C(C)(C)C3CCC(OC(C)Oc4ccc(C(C)CC)cc4)CC3)CC2)cc1.CCC(C)c1ccc(OC(C)OCC(C)C)cc1.CCC(C)c1ccc(OC(C)OCCOC(=O)c2cccs2)cc1.CCC(C)c1ccc(OC(C)OCc2ccccc2)cc1. The van der Waals surface area contributed by atoms with Crippen LogP contribution in [0.1, 0.15) is 351 Å². The molecule has 0 amide bonds. The molecule has 0 aliphatic heterocycles. The maximum absolute atomic E-state index is 11.7. The van der Waals surface area contributed by atoms with E-state index >= 15 is 0 Å². The lowest BCUT2D eigenvalue weighted by molar-refractivity contribution is -0.132. The minimum Gasteiger partial charge on any atom is -0.508 e. The van der Waals surface area contributed by atoms with Crippen LogP contribution < -0.4 is 23.7 Å². The molecule has 11 rings (SSSR count). The van der Waals surface area contributed by atoms with Crippen LogP contribution in [0.5, 0.6) is 40.2 Å². The highest BCUT2D eigenvalue weighted by Crippen LogP contribution is 2.49. The molecule has 128 heavy (non-hydrogen) atoms. The van der Waals surface area contributed by atoms with Gasteiger partial charge in [-0.15, -0.1) is 11.3 Å². The molecule has 0 saturated heterocycles. The molecule has 9 aromatic rings. The maximum atomic E-state index is 11.7. The fourth-order valence-electron chi connectivity index (χ4n) is 15.4. The molecule has 12 unspecified atom stereocenters. The van der Waals surface area contributed by atoms with E-state index in [1.807, 2.05) is 137 Å². The van der Waals surface area contributed by atoms with Crippen LogP contribution in [0, 0.1) is 23.2 Å². The third kappa shape index (κ3) is 40.0. The molecule has 704 valence electrons. The molecule has 2 saturated carbocycles. The van der Waals surface area contributed by atoms with Crippen molar-refractivity contribution in [3.8, 4) is 40.2 Å². The van der Waals surface area contributed by atoms with Crippen LogP contribution in [0.3, 0.4) is 0 Å². The van der Waals surface area contributed by atoms with Crippen LogP contribution in [-0.4, -0.2) is 79.7 Å². The van der Waals surface area contributed by atoms with E-state index in [2.05, 4.69) is 210 Å². The van der Waals surface area contributed by atoms with Gasteiger partial charge in [-0.2, -0.15) is 0 Å². The highest BCUT2D eigenvalue weighted by molar-refractivity contribution is 7.12. The highest BCUT2D eigenvalue weighted by atomic mass is 32.1. The minimum absolute atomic E-state index is 0.193. The number of benzene rings is 8. The van der Waals surface area contributed by atoms with Gasteiger partial charge in [-0.3, -0.25) is 0 Å². The molecule has 14 nitrogen and oxygen atoms in total. The minimum atomic E-state index is -0.403. The fourth-order valence-corrected chi connectivity index (χ4v) is 16.1. The van der Waals surface area contributed by atoms with Crippen molar-refractivity contribution < 1.29 is 67.1 Å². The van der Waals surface area contributed by atoms with Crippen molar-refractivity contribution in [2.75, 3.05) is 19.8 Å². The molecule has 2 N–H and O–H groups in total. The van der Waals surface area contributed by atoms with E-state index in [0.717, 1.165) is 123 Å². The highest BCUT2D eigenvalue weighted by Gasteiger charge is 2.41. The quantitative estimate of drug-likeness (QED) is 0.0212. The summed E-state index contributed by atoms with van der Waals surface area (Å²) in [6, 6.07) is 70.3. The summed E-state index contributed by atoms with van der Waals surface area (Å²) in [4.78, 5) is 12.3. The number of esters is 1. The monoisotopic (exact) mass is 1780 g/mol. The van der Waals surface area contributed by atoms with Crippen molar-refractivity contribution in [1.29, 1.82) is 0 Å². The van der Waals surface area contributed by atoms with Gasteiger partial charge < -0.3 is 62.3 Å². The molecular weight excluding hydrogens is 1610 g/mol. The molecule has 2 fully saturated rings. The average Bonchev–Trinajstić information content (AvgIpc) is 0.823. The Balaban J connectivity index is 0.000000254. The molecule has 0 radical (unpaired) electrons. The number of carbonyl (C=O) groups is 1. The van der Waals surface area contributed by atoms with Gasteiger partial charge >= 0.3 is 5.97 Å². The van der Waals surface area contributed by atoms with E-state index in [-0.39, 0.29) is 37.7 Å². The molecule has 0 spiro atoms. The molecular formula is C113H162O14S. The molecule has 12 atom stereocenters. The number of phenols is 2. The number of ether oxygens (including phenoxy) is 11. The van der Waals surface area contributed by atoms with E-state index in [9.17, 15) is 4.79 Å². The molecule has 1 aromatic heterocycles. The average molecular weight is 1780 g/mol. The van der Waals surface area contributed by atoms with Gasteiger partial charge in [-0.1, -0.05) is 246 Å². The van der Waals surface area contributed by atoms with Crippen LogP contribution in [0.25, 0.3) is 0 Å². The summed E-state index contributed by atoms with van der Waals surface area (Å²) >= 11 is 1.36. The predicted molar refractivity (Wildman–Crippen MR) is 530 cm³/mol. The van der Waals surface area contributed by atoms with Gasteiger partial charge in [0.15, 0.2) is 31.5 Å². The zero-order valence-corrected chi connectivity index (χ0v) is 83.1. The Morgan fingerprint density at radius 3 is 0.898 bits per heavy atom. The molecule has 2 aliphatic carbocycles. The van der Waals surface area contributed by atoms with Crippen molar-refractivity contribution in [3.63, 3.8) is 0 Å². The first kappa shape index (κ1) is 108. The van der Waals surface area contributed by atoms with E-state index in [1.165, 1.54) is 76.0 Å². The zero-order chi connectivity index (χ0) is 93.5. The lowest BCUT2D eigenvalue weighted by Gasteiger charge is -2.47. The smallest absolute Gasteiger partial charge is 0.348 e. The number of hydrogen-bond acceptors (Lipinski definition) is 15. The van der Waals surface area contributed by atoms with Crippen LogP contribution >= 0.6 is 11.3 Å².